The SMILES string of the molecule is CCc1ccc(OC)c(-c2c(C)noc2N)c1. The van der Waals surface area contributed by atoms with Gasteiger partial charge in [-0.25, -0.2) is 0 Å². The van der Waals surface area contributed by atoms with Crippen LogP contribution in [0, 0.1) is 6.92 Å². The van der Waals surface area contributed by atoms with E-state index >= 15 is 0 Å². The van der Waals surface area contributed by atoms with Gasteiger partial charge in [-0.3, -0.25) is 0 Å². The Morgan fingerprint density at radius 3 is 2.71 bits per heavy atom. The van der Waals surface area contributed by atoms with E-state index < -0.39 is 0 Å². The van der Waals surface area contributed by atoms with Gasteiger partial charge in [-0.05, 0) is 31.0 Å². The van der Waals surface area contributed by atoms with E-state index in [2.05, 4.69) is 18.1 Å². The van der Waals surface area contributed by atoms with Crippen molar-refractivity contribution in [3.05, 3.63) is 29.5 Å². The molecule has 90 valence electrons. The Hall–Kier alpha value is -1.97. The van der Waals surface area contributed by atoms with E-state index in [1.54, 1.807) is 7.11 Å². The summed E-state index contributed by atoms with van der Waals surface area (Å²) in [5.41, 5.74) is 9.55. The van der Waals surface area contributed by atoms with Crippen LogP contribution in [0.5, 0.6) is 5.75 Å². The Balaban J connectivity index is 2.64. The maximum absolute atomic E-state index is 5.80. The van der Waals surface area contributed by atoms with Crippen molar-refractivity contribution in [3.63, 3.8) is 0 Å². The third-order valence-electron chi connectivity index (χ3n) is 2.83. The molecular weight excluding hydrogens is 216 g/mol. The smallest absolute Gasteiger partial charge is 0.230 e. The average Bonchev–Trinajstić information content (AvgIpc) is 2.68. The van der Waals surface area contributed by atoms with Crippen LogP contribution >= 0.6 is 0 Å². The van der Waals surface area contributed by atoms with Gasteiger partial charge in [0.25, 0.3) is 0 Å². The predicted molar refractivity (Wildman–Crippen MR) is 67.0 cm³/mol. The molecule has 0 aliphatic rings. The number of anilines is 1. The number of nitrogen functional groups attached to an aromatic ring is 1. The molecule has 4 heteroatoms. The zero-order chi connectivity index (χ0) is 12.4. The van der Waals surface area contributed by atoms with Crippen molar-refractivity contribution in [1.82, 2.24) is 5.16 Å². The number of nitrogens with two attached hydrogens (primary N) is 1. The molecule has 0 radical (unpaired) electrons. The molecule has 1 aromatic carbocycles. The maximum Gasteiger partial charge on any atom is 0.230 e. The molecule has 0 spiro atoms. The summed E-state index contributed by atoms with van der Waals surface area (Å²) >= 11 is 0. The van der Waals surface area contributed by atoms with Crippen molar-refractivity contribution in [3.8, 4) is 16.9 Å². The molecule has 0 fully saturated rings. The van der Waals surface area contributed by atoms with Crippen LogP contribution < -0.4 is 10.5 Å². The molecule has 2 aromatic rings. The molecule has 0 saturated carbocycles. The quantitative estimate of drug-likeness (QED) is 0.883. The summed E-state index contributed by atoms with van der Waals surface area (Å²) in [4.78, 5) is 0. The van der Waals surface area contributed by atoms with E-state index in [1.807, 2.05) is 19.1 Å². The molecule has 0 bridgehead atoms. The number of aromatic nitrogens is 1. The van der Waals surface area contributed by atoms with Gasteiger partial charge >= 0.3 is 0 Å². The molecule has 0 aliphatic heterocycles. The first kappa shape index (κ1) is 11.5. The van der Waals surface area contributed by atoms with Gasteiger partial charge in [-0.2, -0.15) is 0 Å². The van der Waals surface area contributed by atoms with E-state index in [0.717, 1.165) is 29.0 Å². The normalized spacial score (nSPS) is 10.5. The summed E-state index contributed by atoms with van der Waals surface area (Å²) < 4.78 is 10.3. The highest BCUT2D eigenvalue weighted by molar-refractivity contribution is 5.79. The summed E-state index contributed by atoms with van der Waals surface area (Å²) in [6.45, 7) is 3.97. The molecule has 2 N–H and O–H groups in total. The second-order valence-corrected chi connectivity index (χ2v) is 3.90. The summed E-state index contributed by atoms with van der Waals surface area (Å²) in [6.07, 6.45) is 0.960. The number of hydrogen-bond acceptors (Lipinski definition) is 4. The summed E-state index contributed by atoms with van der Waals surface area (Å²) in [5, 5.41) is 3.87. The number of aryl methyl sites for hydroxylation is 2. The summed E-state index contributed by atoms with van der Waals surface area (Å²) in [6, 6.07) is 6.05. The van der Waals surface area contributed by atoms with Crippen LogP contribution in [0.25, 0.3) is 11.1 Å². The van der Waals surface area contributed by atoms with Gasteiger partial charge in [0.05, 0.1) is 18.4 Å². The first-order chi connectivity index (χ1) is 8.17. The number of benzene rings is 1. The molecular formula is C13H16N2O2. The largest absolute Gasteiger partial charge is 0.496 e. The lowest BCUT2D eigenvalue weighted by molar-refractivity contribution is 0.416. The number of hydrogen-bond donors (Lipinski definition) is 1. The van der Waals surface area contributed by atoms with Crippen molar-refractivity contribution >= 4 is 5.88 Å². The number of ether oxygens (including phenoxy) is 1. The summed E-state index contributed by atoms with van der Waals surface area (Å²) in [5.74, 6) is 1.11. The van der Waals surface area contributed by atoms with Gasteiger partial charge in [0.1, 0.15) is 5.75 Å². The lowest BCUT2D eigenvalue weighted by Gasteiger charge is -2.09. The van der Waals surface area contributed by atoms with Gasteiger partial charge in [-0.1, -0.05) is 18.1 Å². The molecule has 1 aromatic heterocycles. The van der Waals surface area contributed by atoms with Gasteiger partial charge in [0, 0.05) is 5.56 Å². The van der Waals surface area contributed by atoms with E-state index in [4.69, 9.17) is 15.0 Å². The number of methoxy groups -OCH3 is 1. The van der Waals surface area contributed by atoms with Crippen LogP contribution in [-0.2, 0) is 6.42 Å². The topological polar surface area (TPSA) is 61.3 Å². The van der Waals surface area contributed by atoms with E-state index in [9.17, 15) is 0 Å². The fourth-order valence-electron chi connectivity index (χ4n) is 1.89. The minimum absolute atomic E-state index is 0.328. The van der Waals surface area contributed by atoms with Crippen molar-refractivity contribution in [1.29, 1.82) is 0 Å². The monoisotopic (exact) mass is 232 g/mol. The lowest BCUT2D eigenvalue weighted by Crippen LogP contribution is -1.93. The van der Waals surface area contributed by atoms with E-state index in [1.165, 1.54) is 5.56 Å². The Morgan fingerprint density at radius 1 is 1.41 bits per heavy atom. The molecule has 0 aliphatic carbocycles. The molecule has 0 amide bonds. The molecule has 0 atom stereocenters. The Kier molecular flexibility index (Phi) is 3.04. The fourth-order valence-corrected chi connectivity index (χ4v) is 1.89. The Labute approximate surface area is 100 Å². The predicted octanol–water partition coefficient (Wildman–Crippen LogP) is 2.80. The van der Waals surface area contributed by atoms with Gasteiger partial charge in [0.2, 0.25) is 5.88 Å². The van der Waals surface area contributed by atoms with Crippen molar-refractivity contribution < 1.29 is 9.26 Å². The number of rotatable bonds is 3. The van der Waals surface area contributed by atoms with Crippen LogP contribution in [0.1, 0.15) is 18.2 Å². The number of nitrogens with zero attached hydrogens (tertiary/aromatic N) is 1. The zero-order valence-corrected chi connectivity index (χ0v) is 10.3. The Morgan fingerprint density at radius 2 is 2.18 bits per heavy atom. The molecule has 1 heterocycles. The minimum Gasteiger partial charge on any atom is -0.496 e. The standard InChI is InChI=1S/C13H16N2O2/c1-4-9-5-6-11(16-3)10(7-9)12-8(2)15-17-13(12)14/h5-7H,4,14H2,1-3H3. The fraction of sp³-hybridized carbons (Fsp3) is 0.308. The maximum atomic E-state index is 5.80. The molecule has 0 unspecified atom stereocenters. The molecule has 4 nitrogen and oxygen atoms in total. The van der Waals surface area contributed by atoms with Crippen LogP contribution in [0.2, 0.25) is 0 Å². The summed E-state index contributed by atoms with van der Waals surface area (Å²) in [7, 11) is 1.64. The van der Waals surface area contributed by atoms with Gasteiger partial charge in [-0.15, -0.1) is 0 Å². The van der Waals surface area contributed by atoms with Crippen LogP contribution in [0.3, 0.4) is 0 Å². The first-order valence-corrected chi connectivity index (χ1v) is 5.56. The highest BCUT2D eigenvalue weighted by Crippen LogP contribution is 2.36. The average molecular weight is 232 g/mol. The third kappa shape index (κ3) is 1.98. The van der Waals surface area contributed by atoms with Crippen LogP contribution in [0.15, 0.2) is 22.7 Å². The first-order valence-electron chi connectivity index (χ1n) is 5.56. The van der Waals surface area contributed by atoms with Crippen molar-refractivity contribution in [2.24, 2.45) is 0 Å². The van der Waals surface area contributed by atoms with Crippen LogP contribution in [-0.4, -0.2) is 12.3 Å². The Bertz CT molecular complexity index is 513. The zero-order valence-electron chi connectivity index (χ0n) is 10.3. The highest BCUT2D eigenvalue weighted by atomic mass is 16.5. The molecule has 0 saturated heterocycles. The highest BCUT2D eigenvalue weighted by Gasteiger charge is 2.16. The van der Waals surface area contributed by atoms with Crippen LogP contribution in [0.4, 0.5) is 5.88 Å². The van der Waals surface area contributed by atoms with Crippen molar-refractivity contribution in [2.45, 2.75) is 20.3 Å². The molecule has 2 rings (SSSR count). The van der Waals surface area contributed by atoms with E-state index in [0.29, 0.717) is 5.88 Å². The second-order valence-electron chi connectivity index (χ2n) is 3.90. The molecule has 17 heavy (non-hydrogen) atoms. The minimum atomic E-state index is 0.328. The lowest BCUT2D eigenvalue weighted by atomic mass is 10.0. The van der Waals surface area contributed by atoms with E-state index in [-0.39, 0.29) is 0 Å². The van der Waals surface area contributed by atoms with Gasteiger partial charge in [0.15, 0.2) is 0 Å². The third-order valence-corrected chi connectivity index (χ3v) is 2.83. The van der Waals surface area contributed by atoms with Gasteiger partial charge < -0.3 is 15.0 Å². The van der Waals surface area contributed by atoms with Crippen molar-refractivity contribution in [2.75, 3.05) is 12.8 Å². The second kappa shape index (κ2) is 4.49.